The summed E-state index contributed by atoms with van der Waals surface area (Å²) in [7, 11) is 3.79. The summed E-state index contributed by atoms with van der Waals surface area (Å²) in [5.41, 5.74) is 1.98. The Hall–Kier alpha value is -2.86. The van der Waals surface area contributed by atoms with E-state index >= 15 is 0 Å². The Morgan fingerprint density at radius 2 is 1.62 bits per heavy atom. The number of ether oxygens (including phenoxy) is 1. The lowest BCUT2D eigenvalue weighted by Gasteiger charge is -2.45. The number of piperidine rings is 1. The van der Waals surface area contributed by atoms with Gasteiger partial charge in [-0.3, -0.25) is 14.5 Å². The van der Waals surface area contributed by atoms with Crippen LogP contribution in [-0.2, 0) is 16.0 Å². The first-order chi connectivity index (χ1) is 16.4. The zero-order chi connectivity index (χ0) is 24.1. The van der Waals surface area contributed by atoms with Crippen LogP contribution in [0.3, 0.4) is 0 Å². The zero-order valence-electron chi connectivity index (χ0n) is 20.7. The molecule has 2 fully saturated rings. The lowest BCUT2D eigenvalue weighted by molar-refractivity contribution is -0.149. The van der Waals surface area contributed by atoms with Crippen molar-refractivity contribution in [3.05, 3.63) is 65.7 Å². The summed E-state index contributed by atoms with van der Waals surface area (Å²) in [4.78, 5) is 32.7. The number of likely N-dealkylation sites (N-methyl/N-ethyl adjacent to an activating group) is 1. The lowest BCUT2D eigenvalue weighted by atomic mass is 9.78. The van der Waals surface area contributed by atoms with Crippen molar-refractivity contribution in [3.63, 3.8) is 0 Å². The number of aryl methyl sites for hydroxylation is 1. The number of amides is 2. The number of benzene rings is 2. The molecule has 4 rings (SSSR count). The van der Waals surface area contributed by atoms with Gasteiger partial charge in [-0.25, -0.2) is 0 Å². The molecule has 2 aromatic rings. The standard InChI is InChI=1S/C28H37N3O3/c1-28(15-17-30(18-16-28)26(32)14-9-22-7-5-4-6-8-22)27(33)31-20-19-29(2)25(21-31)23-10-12-24(34-3)13-11-23/h4-8,10-13,25H,9,14-21H2,1-3H3/t25-/m1/s1. The van der Waals surface area contributed by atoms with Crippen LogP contribution in [0.15, 0.2) is 54.6 Å². The van der Waals surface area contributed by atoms with E-state index in [1.54, 1.807) is 7.11 Å². The van der Waals surface area contributed by atoms with E-state index < -0.39 is 5.41 Å². The van der Waals surface area contributed by atoms with Crippen LogP contribution in [0, 0.1) is 5.41 Å². The van der Waals surface area contributed by atoms with Crippen LogP contribution in [0.25, 0.3) is 0 Å². The van der Waals surface area contributed by atoms with Crippen LogP contribution in [0.5, 0.6) is 5.75 Å². The van der Waals surface area contributed by atoms with Crippen molar-refractivity contribution in [3.8, 4) is 5.75 Å². The van der Waals surface area contributed by atoms with E-state index in [4.69, 9.17) is 4.74 Å². The van der Waals surface area contributed by atoms with Gasteiger partial charge in [0.2, 0.25) is 11.8 Å². The van der Waals surface area contributed by atoms with Crippen molar-refractivity contribution in [1.29, 1.82) is 0 Å². The molecule has 2 saturated heterocycles. The van der Waals surface area contributed by atoms with Crippen molar-refractivity contribution in [1.82, 2.24) is 14.7 Å². The quantitative estimate of drug-likeness (QED) is 0.654. The fourth-order valence-electron chi connectivity index (χ4n) is 5.14. The van der Waals surface area contributed by atoms with E-state index in [0.717, 1.165) is 38.1 Å². The van der Waals surface area contributed by atoms with E-state index in [1.165, 1.54) is 11.1 Å². The average Bonchev–Trinajstić information content (AvgIpc) is 2.88. The van der Waals surface area contributed by atoms with Gasteiger partial charge < -0.3 is 14.5 Å². The molecular weight excluding hydrogens is 426 g/mol. The molecule has 0 N–H and O–H groups in total. The molecule has 6 nitrogen and oxygen atoms in total. The molecule has 0 aliphatic carbocycles. The van der Waals surface area contributed by atoms with Crippen LogP contribution in [0.2, 0.25) is 0 Å². The van der Waals surface area contributed by atoms with Crippen LogP contribution < -0.4 is 4.74 Å². The Balaban J connectivity index is 1.33. The number of carbonyl (C=O) groups excluding carboxylic acids is 2. The second kappa shape index (κ2) is 10.6. The highest BCUT2D eigenvalue weighted by atomic mass is 16.5. The predicted molar refractivity (Wildman–Crippen MR) is 134 cm³/mol. The second-order valence-corrected chi connectivity index (χ2v) is 9.95. The van der Waals surface area contributed by atoms with Gasteiger partial charge in [0, 0.05) is 44.6 Å². The van der Waals surface area contributed by atoms with Gasteiger partial charge in [-0.2, -0.15) is 0 Å². The summed E-state index contributed by atoms with van der Waals surface area (Å²) in [5.74, 6) is 1.26. The number of carbonyl (C=O) groups is 2. The van der Waals surface area contributed by atoms with Gasteiger partial charge in [-0.1, -0.05) is 49.4 Å². The topological polar surface area (TPSA) is 53.1 Å². The minimum atomic E-state index is -0.406. The van der Waals surface area contributed by atoms with E-state index in [-0.39, 0.29) is 17.9 Å². The summed E-state index contributed by atoms with van der Waals surface area (Å²) < 4.78 is 5.29. The number of likely N-dealkylation sites (tertiary alicyclic amines) is 1. The molecule has 182 valence electrons. The van der Waals surface area contributed by atoms with Crippen molar-refractivity contribution >= 4 is 11.8 Å². The highest BCUT2D eigenvalue weighted by molar-refractivity contribution is 5.83. The SMILES string of the molecule is COc1ccc([C@H]2CN(C(=O)C3(C)CCN(C(=O)CCc4ccccc4)CC3)CCN2C)cc1. The molecule has 0 spiro atoms. The number of methoxy groups -OCH3 is 1. The molecule has 0 saturated carbocycles. The van der Waals surface area contributed by atoms with Crippen molar-refractivity contribution in [2.45, 2.75) is 38.6 Å². The third kappa shape index (κ3) is 5.44. The molecule has 2 aromatic carbocycles. The number of hydrogen-bond donors (Lipinski definition) is 0. The summed E-state index contributed by atoms with van der Waals surface area (Å²) in [6.45, 7) is 5.69. The first-order valence-corrected chi connectivity index (χ1v) is 12.3. The Labute approximate surface area is 203 Å². The number of hydrogen-bond acceptors (Lipinski definition) is 4. The molecule has 2 heterocycles. The van der Waals surface area contributed by atoms with E-state index in [1.807, 2.05) is 40.1 Å². The van der Waals surface area contributed by atoms with Gasteiger partial charge in [0.05, 0.1) is 13.2 Å². The summed E-state index contributed by atoms with van der Waals surface area (Å²) in [6.07, 6.45) is 2.74. The minimum absolute atomic E-state index is 0.173. The molecule has 6 heteroatoms. The average molecular weight is 464 g/mol. The lowest BCUT2D eigenvalue weighted by Crippen LogP contribution is -2.55. The maximum Gasteiger partial charge on any atom is 0.228 e. The molecular formula is C28H37N3O3. The smallest absolute Gasteiger partial charge is 0.228 e. The molecule has 0 bridgehead atoms. The Morgan fingerprint density at radius 3 is 2.26 bits per heavy atom. The van der Waals surface area contributed by atoms with Crippen LogP contribution in [0.4, 0.5) is 0 Å². The van der Waals surface area contributed by atoms with Crippen LogP contribution in [-0.4, -0.2) is 73.4 Å². The molecule has 1 atom stereocenters. The van der Waals surface area contributed by atoms with E-state index in [9.17, 15) is 9.59 Å². The highest BCUT2D eigenvalue weighted by Gasteiger charge is 2.42. The number of nitrogens with zero attached hydrogens (tertiary/aromatic N) is 3. The summed E-state index contributed by atoms with van der Waals surface area (Å²) >= 11 is 0. The second-order valence-electron chi connectivity index (χ2n) is 9.95. The molecule has 0 unspecified atom stereocenters. The monoisotopic (exact) mass is 463 g/mol. The zero-order valence-corrected chi connectivity index (χ0v) is 20.7. The van der Waals surface area contributed by atoms with Gasteiger partial charge in [0.1, 0.15) is 5.75 Å². The maximum absolute atomic E-state index is 13.6. The van der Waals surface area contributed by atoms with Gasteiger partial charge in [0.15, 0.2) is 0 Å². The van der Waals surface area contributed by atoms with Gasteiger partial charge in [-0.05, 0) is 49.6 Å². The third-order valence-corrected chi connectivity index (χ3v) is 7.64. The normalized spacial score (nSPS) is 20.7. The maximum atomic E-state index is 13.6. The Morgan fingerprint density at radius 1 is 0.941 bits per heavy atom. The molecule has 2 aliphatic rings. The number of piperazine rings is 1. The Bertz CT molecular complexity index is 968. The first kappa shape index (κ1) is 24.3. The van der Waals surface area contributed by atoms with E-state index in [0.29, 0.717) is 26.1 Å². The van der Waals surface area contributed by atoms with Crippen LogP contribution in [0.1, 0.15) is 43.4 Å². The fraction of sp³-hybridized carbons (Fsp3) is 0.500. The summed E-state index contributed by atoms with van der Waals surface area (Å²) in [6, 6.07) is 18.5. The fourth-order valence-corrected chi connectivity index (χ4v) is 5.14. The van der Waals surface area contributed by atoms with Crippen molar-refractivity contribution in [2.75, 3.05) is 46.9 Å². The van der Waals surface area contributed by atoms with Gasteiger partial charge in [-0.15, -0.1) is 0 Å². The Kier molecular flexibility index (Phi) is 7.57. The molecule has 0 aromatic heterocycles. The molecule has 2 amide bonds. The molecule has 34 heavy (non-hydrogen) atoms. The largest absolute Gasteiger partial charge is 0.497 e. The number of rotatable bonds is 6. The predicted octanol–water partition coefficient (Wildman–Crippen LogP) is 3.77. The van der Waals surface area contributed by atoms with Gasteiger partial charge in [0.25, 0.3) is 0 Å². The summed E-state index contributed by atoms with van der Waals surface area (Å²) in [5, 5.41) is 0. The van der Waals surface area contributed by atoms with Crippen molar-refractivity contribution < 1.29 is 14.3 Å². The first-order valence-electron chi connectivity index (χ1n) is 12.3. The van der Waals surface area contributed by atoms with Crippen LogP contribution >= 0.6 is 0 Å². The molecule has 2 aliphatic heterocycles. The van der Waals surface area contributed by atoms with Crippen molar-refractivity contribution in [2.24, 2.45) is 5.41 Å². The minimum Gasteiger partial charge on any atom is -0.497 e. The highest BCUT2D eigenvalue weighted by Crippen LogP contribution is 2.35. The van der Waals surface area contributed by atoms with Gasteiger partial charge >= 0.3 is 0 Å². The molecule has 0 radical (unpaired) electrons. The van der Waals surface area contributed by atoms with E-state index in [2.05, 4.69) is 43.1 Å². The third-order valence-electron chi connectivity index (χ3n) is 7.64.